The average Bonchev–Trinajstić information content (AvgIpc) is 2.83. The highest BCUT2D eigenvalue weighted by Gasteiger charge is 1.94. The number of para-hydroxylation sites is 1. The van der Waals surface area contributed by atoms with Crippen molar-refractivity contribution < 1.29 is 4.74 Å². The molecule has 0 atom stereocenters. The summed E-state index contributed by atoms with van der Waals surface area (Å²) in [6, 6.07) is 9.80. The molecule has 4 heteroatoms. The lowest BCUT2D eigenvalue weighted by Gasteiger charge is -2.06. The summed E-state index contributed by atoms with van der Waals surface area (Å²) in [6.45, 7) is 2.20. The molecular weight excluding hydrogens is 202 g/mol. The van der Waals surface area contributed by atoms with Gasteiger partial charge in [0.2, 0.25) is 0 Å². The molecule has 0 aliphatic carbocycles. The zero-order valence-electron chi connectivity index (χ0n) is 9.02. The second kappa shape index (κ2) is 5.92. The van der Waals surface area contributed by atoms with Crippen molar-refractivity contribution in [1.29, 1.82) is 0 Å². The van der Waals surface area contributed by atoms with E-state index in [2.05, 4.69) is 15.3 Å². The third-order valence-corrected chi connectivity index (χ3v) is 2.14. The first-order valence-corrected chi connectivity index (χ1v) is 5.32. The Morgan fingerprint density at radius 3 is 2.88 bits per heavy atom. The molecule has 0 unspecified atom stereocenters. The highest BCUT2D eigenvalue weighted by Crippen LogP contribution is 2.07. The Morgan fingerprint density at radius 2 is 2.12 bits per heavy atom. The van der Waals surface area contributed by atoms with E-state index in [1.54, 1.807) is 6.20 Å². The van der Waals surface area contributed by atoms with E-state index in [0.717, 1.165) is 24.7 Å². The predicted molar refractivity (Wildman–Crippen MR) is 62.2 cm³/mol. The topological polar surface area (TPSA) is 49.9 Å². The molecule has 0 bridgehead atoms. The second-order valence-electron chi connectivity index (χ2n) is 3.37. The van der Waals surface area contributed by atoms with Gasteiger partial charge in [-0.15, -0.1) is 0 Å². The van der Waals surface area contributed by atoms with E-state index in [1.165, 1.54) is 0 Å². The first kappa shape index (κ1) is 10.7. The Bertz CT molecular complexity index is 386. The lowest BCUT2D eigenvalue weighted by Crippen LogP contribution is -2.21. The van der Waals surface area contributed by atoms with Gasteiger partial charge < -0.3 is 15.0 Å². The highest BCUT2D eigenvalue weighted by atomic mass is 16.5. The summed E-state index contributed by atoms with van der Waals surface area (Å²) in [7, 11) is 0. The first-order valence-electron chi connectivity index (χ1n) is 5.32. The molecule has 1 aromatic carbocycles. The van der Waals surface area contributed by atoms with Crippen LogP contribution in [0.1, 0.15) is 5.82 Å². The fourth-order valence-electron chi connectivity index (χ4n) is 1.36. The van der Waals surface area contributed by atoms with Crippen molar-refractivity contribution in [1.82, 2.24) is 15.3 Å². The molecule has 4 nitrogen and oxygen atoms in total. The van der Waals surface area contributed by atoms with E-state index in [9.17, 15) is 0 Å². The van der Waals surface area contributed by atoms with Crippen LogP contribution in [0.5, 0.6) is 5.75 Å². The van der Waals surface area contributed by atoms with Gasteiger partial charge in [-0.05, 0) is 12.1 Å². The fourth-order valence-corrected chi connectivity index (χ4v) is 1.36. The van der Waals surface area contributed by atoms with Gasteiger partial charge in [0, 0.05) is 18.9 Å². The Kier molecular flexibility index (Phi) is 3.96. The second-order valence-corrected chi connectivity index (χ2v) is 3.37. The maximum atomic E-state index is 5.53. The number of imidazole rings is 1. The van der Waals surface area contributed by atoms with E-state index in [1.807, 2.05) is 36.5 Å². The molecule has 0 fully saturated rings. The van der Waals surface area contributed by atoms with E-state index in [4.69, 9.17) is 4.74 Å². The van der Waals surface area contributed by atoms with E-state index >= 15 is 0 Å². The number of hydrogen-bond donors (Lipinski definition) is 2. The van der Waals surface area contributed by atoms with Crippen LogP contribution in [0, 0.1) is 0 Å². The molecule has 1 aromatic heterocycles. The number of rotatable bonds is 6. The van der Waals surface area contributed by atoms with E-state index < -0.39 is 0 Å². The molecule has 0 amide bonds. The molecule has 0 aliphatic rings. The molecule has 16 heavy (non-hydrogen) atoms. The zero-order chi connectivity index (χ0) is 11.1. The Balaban J connectivity index is 1.59. The van der Waals surface area contributed by atoms with Crippen LogP contribution < -0.4 is 10.1 Å². The molecule has 0 saturated heterocycles. The average molecular weight is 217 g/mol. The van der Waals surface area contributed by atoms with Crippen LogP contribution in [0.15, 0.2) is 42.7 Å². The van der Waals surface area contributed by atoms with Crippen LogP contribution in [0.4, 0.5) is 0 Å². The Hall–Kier alpha value is -1.81. The van der Waals surface area contributed by atoms with E-state index in [0.29, 0.717) is 6.61 Å². The number of nitrogens with one attached hydrogen (secondary N) is 2. The smallest absolute Gasteiger partial charge is 0.120 e. The summed E-state index contributed by atoms with van der Waals surface area (Å²) in [4.78, 5) is 7.14. The summed E-state index contributed by atoms with van der Waals surface area (Å²) >= 11 is 0. The summed E-state index contributed by atoms with van der Waals surface area (Å²) in [5.41, 5.74) is 0. The maximum absolute atomic E-state index is 5.53. The predicted octanol–water partition coefficient (Wildman–Crippen LogP) is 1.58. The fraction of sp³-hybridized carbons (Fsp3) is 0.250. The van der Waals surface area contributed by atoms with Crippen molar-refractivity contribution in [3.8, 4) is 5.75 Å². The summed E-state index contributed by atoms with van der Waals surface area (Å²) in [5.74, 6) is 1.85. The van der Waals surface area contributed by atoms with Crippen molar-refractivity contribution in [2.45, 2.75) is 6.54 Å². The van der Waals surface area contributed by atoms with Crippen molar-refractivity contribution >= 4 is 0 Å². The number of aromatic nitrogens is 2. The zero-order valence-corrected chi connectivity index (χ0v) is 9.02. The molecule has 0 spiro atoms. The quantitative estimate of drug-likeness (QED) is 0.722. The van der Waals surface area contributed by atoms with Gasteiger partial charge in [-0.1, -0.05) is 18.2 Å². The summed E-state index contributed by atoms with van der Waals surface area (Å²) in [5, 5.41) is 3.24. The van der Waals surface area contributed by atoms with Crippen molar-refractivity contribution in [3.63, 3.8) is 0 Å². The minimum absolute atomic E-state index is 0.657. The van der Waals surface area contributed by atoms with Crippen molar-refractivity contribution in [3.05, 3.63) is 48.5 Å². The SMILES string of the molecule is c1ccc(OCCNCc2ncc[nH]2)cc1. The molecule has 0 radical (unpaired) electrons. The van der Waals surface area contributed by atoms with Gasteiger partial charge in [0.25, 0.3) is 0 Å². The van der Waals surface area contributed by atoms with Crippen molar-refractivity contribution in [2.75, 3.05) is 13.2 Å². The highest BCUT2D eigenvalue weighted by molar-refractivity contribution is 5.20. The number of hydrogen-bond acceptors (Lipinski definition) is 3. The number of nitrogens with zero attached hydrogens (tertiary/aromatic N) is 1. The lowest BCUT2D eigenvalue weighted by molar-refractivity contribution is 0.313. The molecule has 2 rings (SSSR count). The minimum atomic E-state index is 0.657. The minimum Gasteiger partial charge on any atom is -0.492 e. The van der Waals surface area contributed by atoms with Crippen LogP contribution in [0.3, 0.4) is 0 Å². The molecule has 0 saturated carbocycles. The Labute approximate surface area is 94.7 Å². The number of ether oxygens (including phenoxy) is 1. The molecule has 1 heterocycles. The van der Waals surface area contributed by atoms with Gasteiger partial charge in [-0.3, -0.25) is 0 Å². The van der Waals surface area contributed by atoms with Gasteiger partial charge in [0.05, 0.1) is 6.54 Å². The standard InChI is InChI=1S/C12H15N3O/c1-2-4-11(5-3-1)16-9-8-13-10-12-14-6-7-15-12/h1-7,13H,8-10H2,(H,14,15). The Morgan fingerprint density at radius 1 is 1.25 bits per heavy atom. The number of benzene rings is 1. The summed E-state index contributed by atoms with van der Waals surface area (Å²) < 4.78 is 5.53. The lowest BCUT2D eigenvalue weighted by atomic mass is 10.3. The molecule has 2 N–H and O–H groups in total. The van der Waals surface area contributed by atoms with Gasteiger partial charge in [-0.2, -0.15) is 0 Å². The molecule has 2 aromatic rings. The largest absolute Gasteiger partial charge is 0.492 e. The first-order chi connectivity index (χ1) is 7.95. The van der Waals surface area contributed by atoms with Crippen LogP contribution in [0.2, 0.25) is 0 Å². The maximum Gasteiger partial charge on any atom is 0.120 e. The van der Waals surface area contributed by atoms with Gasteiger partial charge in [0.1, 0.15) is 18.2 Å². The normalized spacial score (nSPS) is 10.2. The van der Waals surface area contributed by atoms with Gasteiger partial charge >= 0.3 is 0 Å². The number of H-pyrrole nitrogens is 1. The third-order valence-electron chi connectivity index (χ3n) is 2.14. The molecule has 84 valence electrons. The van der Waals surface area contributed by atoms with Crippen LogP contribution in [-0.4, -0.2) is 23.1 Å². The molecular formula is C12H15N3O. The number of aromatic amines is 1. The van der Waals surface area contributed by atoms with Crippen LogP contribution in [-0.2, 0) is 6.54 Å². The van der Waals surface area contributed by atoms with E-state index in [-0.39, 0.29) is 0 Å². The van der Waals surface area contributed by atoms with Crippen molar-refractivity contribution in [2.24, 2.45) is 0 Å². The monoisotopic (exact) mass is 217 g/mol. The van der Waals surface area contributed by atoms with Gasteiger partial charge in [0.15, 0.2) is 0 Å². The third kappa shape index (κ3) is 3.40. The van der Waals surface area contributed by atoms with Crippen LogP contribution in [0.25, 0.3) is 0 Å². The van der Waals surface area contributed by atoms with Gasteiger partial charge in [-0.25, -0.2) is 4.98 Å². The van der Waals surface area contributed by atoms with Crippen LogP contribution >= 0.6 is 0 Å². The molecule has 0 aliphatic heterocycles. The summed E-state index contributed by atoms with van der Waals surface area (Å²) in [6.07, 6.45) is 3.56.